The maximum absolute atomic E-state index is 13.0. The van der Waals surface area contributed by atoms with Crippen molar-refractivity contribution in [2.24, 2.45) is 0 Å². The number of aromatic nitrogens is 8. The van der Waals surface area contributed by atoms with Crippen molar-refractivity contribution in [1.29, 1.82) is 5.26 Å². The molecular formula is C23H21N9O. The van der Waals surface area contributed by atoms with Gasteiger partial charge in [-0.2, -0.15) is 10.4 Å². The molecule has 2 fully saturated rings. The average molecular weight is 439 g/mol. The summed E-state index contributed by atoms with van der Waals surface area (Å²) >= 11 is 0. The highest BCUT2D eigenvalue weighted by molar-refractivity contribution is 5.80. The summed E-state index contributed by atoms with van der Waals surface area (Å²) in [6.07, 6.45) is 11.1. The zero-order chi connectivity index (χ0) is 22.5. The Morgan fingerprint density at radius 1 is 1.06 bits per heavy atom. The Morgan fingerprint density at radius 3 is 2.42 bits per heavy atom. The number of fused-ring (bicyclic) bond motifs is 1. The summed E-state index contributed by atoms with van der Waals surface area (Å²) in [7, 11) is 0. The lowest BCUT2D eigenvalue weighted by Crippen LogP contribution is -2.28. The number of H-pyrrole nitrogens is 1. The summed E-state index contributed by atoms with van der Waals surface area (Å²) < 4.78 is 1.63. The summed E-state index contributed by atoms with van der Waals surface area (Å²) in [6, 6.07) is 3.53. The number of nitrogens with one attached hydrogen (secondary N) is 1. The first-order valence-electron chi connectivity index (χ1n) is 11.1. The second kappa shape index (κ2) is 7.55. The van der Waals surface area contributed by atoms with Crippen molar-refractivity contribution in [2.75, 3.05) is 0 Å². The van der Waals surface area contributed by atoms with E-state index in [2.05, 4.69) is 30.0 Å². The molecule has 10 nitrogen and oxygen atoms in total. The molecule has 0 spiro atoms. The minimum Gasteiger partial charge on any atom is -0.310 e. The van der Waals surface area contributed by atoms with E-state index in [0.29, 0.717) is 17.4 Å². The van der Waals surface area contributed by atoms with E-state index in [4.69, 9.17) is 4.98 Å². The molecule has 164 valence electrons. The second-order valence-electron chi connectivity index (χ2n) is 8.78. The first-order chi connectivity index (χ1) is 16.1. The minimum atomic E-state index is -0.357. The van der Waals surface area contributed by atoms with Crippen LogP contribution in [0, 0.1) is 11.3 Å². The molecule has 6 rings (SSSR count). The molecule has 10 heteroatoms. The van der Waals surface area contributed by atoms with Gasteiger partial charge in [0.2, 0.25) is 0 Å². The first-order valence-corrected chi connectivity index (χ1v) is 11.1. The summed E-state index contributed by atoms with van der Waals surface area (Å²) in [6.45, 7) is 1.94. The Morgan fingerprint density at radius 2 is 1.79 bits per heavy atom. The van der Waals surface area contributed by atoms with Crippen LogP contribution in [0.25, 0.3) is 11.0 Å². The predicted molar refractivity (Wildman–Crippen MR) is 117 cm³/mol. The molecule has 3 atom stereocenters. The van der Waals surface area contributed by atoms with Crippen molar-refractivity contribution in [3.05, 3.63) is 69.9 Å². The molecule has 0 unspecified atom stereocenters. The van der Waals surface area contributed by atoms with Gasteiger partial charge in [-0.15, -0.1) is 0 Å². The van der Waals surface area contributed by atoms with Crippen molar-refractivity contribution in [3.63, 3.8) is 0 Å². The van der Waals surface area contributed by atoms with Gasteiger partial charge in [-0.05, 0) is 38.7 Å². The molecule has 2 aliphatic carbocycles. The van der Waals surface area contributed by atoms with Gasteiger partial charge < -0.3 is 4.98 Å². The highest BCUT2D eigenvalue weighted by Crippen LogP contribution is 2.46. The van der Waals surface area contributed by atoms with Gasteiger partial charge in [0, 0.05) is 48.1 Å². The van der Waals surface area contributed by atoms with Crippen molar-refractivity contribution in [3.8, 4) is 6.07 Å². The Bertz CT molecular complexity index is 1430. The van der Waals surface area contributed by atoms with Crippen LogP contribution in [0.1, 0.15) is 85.1 Å². The maximum Gasteiger partial charge on any atom is 0.263 e. The molecule has 33 heavy (non-hydrogen) atoms. The van der Waals surface area contributed by atoms with E-state index in [9.17, 15) is 10.1 Å². The van der Waals surface area contributed by atoms with Crippen LogP contribution in [0.15, 0.2) is 35.6 Å². The molecule has 2 saturated carbocycles. The Hall–Kier alpha value is -4.00. The third kappa shape index (κ3) is 3.28. The predicted octanol–water partition coefficient (Wildman–Crippen LogP) is 2.72. The van der Waals surface area contributed by atoms with Crippen molar-refractivity contribution in [2.45, 2.75) is 56.4 Å². The van der Waals surface area contributed by atoms with E-state index in [1.54, 1.807) is 35.5 Å². The summed E-state index contributed by atoms with van der Waals surface area (Å²) in [5.74, 6) is 2.77. The topological polar surface area (TPSA) is 139 Å². The molecule has 0 saturated heterocycles. The Kier molecular flexibility index (Phi) is 4.50. The molecule has 1 N–H and O–H groups in total. The number of rotatable bonds is 5. The van der Waals surface area contributed by atoms with Gasteiger partial charge in [-0.1, -0.05) is 0 Å². The van der Waals surface area contributed by atoms with E-state index in [1.807, 2.05) is 13.0 Å². The van der Waals surface area contributed by atoms with Crippen LogP contribution in [-0.4, -0.2) is 39.7 Å². The highest BCUT2D eigenvalue weighted by atomic mass is 16.1. The number of aromatic amines is 1. The van der Waals surface area contributed by atoms with Crippen LogP contribution in [0.5, 0.6) is 0 Å². The second-order valence-corrected chi connectivity index (χ2v) is 8.78. The van der Waals surface area contributed by atoms with Crippen LogP contribution in [-0.2, 0) is 0 Å². The SMILES string of the molecule is C[C@@H](c1cnc(C2CC2)nc1)n1nc(C#N)c2c(=O)[nH]c([C@H]3CC[C@@H]3c3ncccn3)nc21. The molecular weight excluding hydrogens is 418 g/mol. The number of hydrogen-bond donors (Lipinski definition) is 1. The van der Waals surface area contributed by atoms with Gasteiger partial charge in [0.15, 0.2) is 11.3 Å². The van der Waals surface area contributed by atoms with E-state index in [0.717, 1.165) is 42.9 Å². The van der Waals surface area contributed by atoms with E-state index in [-0.39, 0.29) is 34.5 Å². The third-order valence-electron chi connectivity index (χ3n) is 6.71. The largest absolute Gasteiger partial charge is 0.310 e. The fraction of sp³-hybridized carbons (Fsp3) is 0.391. The molecule has 4 aromatic heterocycles. The zero-order valence-corrected chi connectivity index (χ0v) is 18.0. The van der Waals surface area contributed by atoms with Gasteiger partial charge in [-0.3, -0.25) is 4.79 Å². The normalized spacial score (nSPS) is 20.8. The fourth-order valence-corrected chi connectivity index (χ4v) is 4.48. The zero-order valence-electron chi connectivity index (χ0n) is 18.0. The maximum atomic E-state index is 13.0. The molecule has 4 aromatic rings. The van der Waals surface area contributed by atoms with E-state index in [1.165, 1.54) is 0 Å². The minimum absolute atomic E-state index is 0.00912. The van der Waals surface area contributed by atoms with Crippen LogP contribution in [0.3, 0.4) is 0 Å². The van der Waals surface area contributed by atoms with E-state index >= 15 is 0 Å². The van der Waals surface area contributed by atoms with Crippen LogP contribution in [0.2, 0.25) is 0 Å². The lowest BCUT2D eigenvalue weighted by Gasteiger charge is -2.34. The molecule has 0 aliphatic heterocycles. The summed E-state index contributed by atoms with van der Waals surface area (Å²) in [5.41, 5.74) is 0.939. The summed E-state index contributed by atoms with van der Waals surface area (Å²) in [4.78, 5) is 38.5. The number of nitrogens with zero attached hydrogens (tertiary/aromatic N) is 8. The fourth-order valence-electron chi connectivity index (χ4n) is 4.48. The standard InChI is InChI=1S/C23H21N9O/c1-12(14-10-27-19(28-11-14)13-3-4-13)32-22-18(17(9-24)31-32)23(33)30-21(29-22)16-6-5-15(16)20-25-7-2-8-26-20/h2,7-8,10-13,15-16H,3-6H2,1H3,(H,29,30,33)/t12-,15-,16-/m0/s1. The summed E-state index contributed by atoms with van der Waals surface area (Å²) in [5, 5.41) is 14.2. The smallest absolute Gasteiger partial charge is 0.263 e. The van der Waals surface area contributed by atoms with Gasteiger partial charge in [-0.25, -0.2) is 29.6 Å². The van der Waals surface area contributed by atoms with Crippen molar-refractivity contribution < 1.29 is 0 Å². The highest BCUT2D eigenvalue weighted by Gasteiger charge is 2.38. The van der Waals surface area contributed by atoms with Gasteiger partial charge >= 0.3 is 0 Å². The van der Waals surface area contributed by atoms with Gasteiger partial charge in [0.25, 0.3) is 5.56 Å². The van der Waals surface area contributed by atoms with Gasteiger partial charge in [0.1, 0.15) is 28.9 Å². The van der Waals surface area contributed by atoms with Crippen molar-refractivity contribution in [1.82, 2.24) is 39.7 Å². The molecule has 0 amide bonds. The first kappa shape index (κ1) is 19.7. The van der Waals surface area contributed by atoms with Crippen LogP contribution in [0.4, 0.5) is 0 Å². The van der Waals surface area contributed by atoms with Crippen LogP contribution >= 0.6 is 0 Å². The molecule has 0 aromatic carbocycles. The monoisotopic (exact) mass is 439 g/mol. The number of nitriles is 1. The lowest BCUT2D eigenvalue weighted by atomic mass is 9.72. The molecule has 0 bridgehead atoms. The Labute approximate surface area is 188 Å². The lowest BCUT2D eigenvalue weighted by molar-refractivity contribution is 0.319. The van der Waals surface area contributed by atoms with Crippen molar-refractivity contribution >= 4 is 11.0 Å². The number of hydrogen-bond acceptors (Lipinski definition) is 8. The third-order valence-corrected chi connectivity index (χ3v) is 6.71. The molecule has 0 radical (unpaired) electrons. The quantitative estimate of drug-likeness (QED) is 0.501. The van der Waals surface area contributed by atoms with E-state index < -0.39 is 0 Å². The molecule has 2 aliphatic rings. The Balaban J connectivity index is 1.41. The average Bonchev–Trinajstić information content (AvgIpc) is 3.59. The van der Waals surface area contributed by atoms with Crippen LogP contribution < -0.4 is 5.56 Å². The van der Waals surface area contributed by atoms with Gasteiger partial charge in [0.05, 0.1) is 6.04 Å². The molecule has 4 heterocycles.